The maximum absolute atomic E-state index is 11.0. The highest BCUT2D eigenvalue weighted by atomic mass is 16.5. The molecule has 0 aliphatic carbocycles. The van der Waals surface area contributed by atoms with E-state index in [1.165, 1.54) is 0 Å². The van der Waals surface area contributed by atoms with Crippen molar-refractivity contribution in [2.45, 2.75) is 32.9 Å². The molecule has 0 spiro atoms. The van der Waals surface area contributed by atoms with Crippen LogP contribution in [0, 0.1) is 0 Å². The highest BCUT2D eigenvalue weighted by Gasteiger charge is 2.25. The Morgan fingerprint density at radius 2 is 1.83 bits per heavy atom. The summed E-state index contributed by atoms with van der Waals surface area (Å²) in [6.45, 7) is 8.76. The van der Waals surface area contributed by atoms with Crippen molar-refractivity contribution in [2.75, 3.05) is 49.2 Å². The Labute approximate surface area is 210 Å². The molecule has 10 nitrogen and oxygen atoms in total. The molecule has 1 N–H and O–H groups in total. The summed E-state index contributed by atoms with van der Waals surface area (Å²) in [6.07, 6.45) is 7.14. The molecule has 10 heteroatoms. The number of ether oxygens (including phenoxy) is 1. The molecule has 1 aliphatic heterocycles. The molecule has 5 heterocycles. The molecular weight excluding hydrogens is 456 g/mol. The van der Waals surface area contributed by atoms with Crippen molar-refractivity contribution < 1.29 is 9.84 Å². The van der Waals surface area contributed by atoms with Crippen LogP contribution in [-0.4, -0.2) is 74.0 Å². The van der Waals surface area contributed by atoms with Gasteiger partial charge in [0.25, 0.3) is 0 Å². The minimum Gasteiger partial charge on any atom is -0.386 e. The predicted octanol–water partition coefficient (Wildman–Crippen LogP) is 3.09. The number of pyridine rings is 2. The molecule has 0 aromatic carbocycles. The summed E-state index contributed by atoms with van der Waals surface area (Å²) in [5, 5.41) is 11.0. The van der Waals surface area contributed by atoms with Crippen molar-refractivity contribution >= 4 is 22.9 Å². The maximum atomic E-state index is 11.0. The molecule has 4 aromatic heterocycles. The number of hydrogen-bond acceptors (Lipinski definition) is 9. The molecule has 36 heavy (non-hydrogen) atoms. The van der Waals surface area contributed by atoms with Gasteiger partial charge in [-0.15, -0.1) is 0 Å². The Hall–Kier alpha value is -3.63. The molecule has 0 amide bonds. The topological polar surface area (TPSA) is 105 Å². The van der Waals surface area contributed by atoms with Crippen molar-refractivity contribution in [1.82, 2.24) is 29.5 Å². The third-order valence-corrected chi connectivity index (χ3v) is 6.37. The molecular formula is C26H32N8O2. The van der Waals surface area contributed by atoms with E-state index in [1.54, 1.807) is 24.8 Å². The minimum absolute atomic E-state index is 0.366. The largest absolute Gasteiger partial charge is 0.386 e. The second kappa shape index (κ2) is 11.0. The number of fused-ring (bicyclic) bond motifs is 1. The van der Waals surface area contributed by atoms with E-state index in [0.717, 1.165) is 53.4 Å². The number of imidazole rings is 1. The van der Waals surface area contributed by atoms with E-state index in [2.05, 4.69) is 38.2 Å². The van der Waals surface area contributed by atoms with Crippen LogP contribution in [0.1, 0.15) is 31.9 Å². The number of hydrogen-bond donors (Lipinski definition) is 1. The zero-order valence-electron chi connectivity index (χ0n) is 20.8. The average Bonchev–Trinajstić information content (AvgIpc) is 3.32. The van der Waals surface area contributed by atoms with Crippen LogP contribution >= 0.6 is 0 Å². The molecule has 1 saturated heterocycles. The Kier molecular flexibility index (Phi) is 7.33. The standard InChI is InChI=1S/C26H32N8O2/c1-3-12-33(18-21(35)20-6-5-9-28-17-20)26-30-24(32-13-15-36-16-14-32)22-25(31-26)34(4-2)23(29-22)19-7-10-27-11-8-19/h5-11,17,21,35H,3-4,12-16,18H2,1-2H3. The lowest BCUT2D eigenvalue weighted by Gasteiger charge is -2.30. The summed E-state index contributed by atoms with van der Waals surface area (Å²) in [5.41, 5.74) is 3.31. The van der Waals surface area contributed by atoms with Crippen molar-refractivity contribution in [3.63, 3.8) is 0 Å². The predicted molar refractivity (Wildman–Crippen MR) is 139 cm³/mol. The highest BCUT2D eigenvalue weighted by molar-refractivity contribution is 5.88. The van der Waals surface area contributed by atoms with Crippen LogP contribution in [0.5, 0.6) is 0 Å². The van der Waals surface area contributed by atoms with Gasteiger partial charge in [-0.25, -0.2) is 4.98 Å². The lowest BCUT2D eigenvalue weighted by molar-refractivity contribution is 0.122. The molecule has 188 valence electrons. The van der Waals surface area contributed by atoms with E-state index in [4.69, 9.17) is 19.7 Å². The van der Waals surface area contributed by atoms with Gasteiger partial charge in [-0.1, -0.05) is 13.0 Å². The summed E-state index contributed by atoms with van der Waals surface area (Å²) in [7, 11) is 0. The monoisotopic (exact) mass is 488 g/mol. The van der Waals surface area contributed by atoms with E-state index in [9.17, 15) is 5.11 Å². The van der Waals surface area contributed by atoms with Gasteiger partial charge < -0.3 is 24.2 Å². The molecule has 1 unspecified atom stereocenters. The van der Waals surface area contributed by atoms with E-state index in [0.29, 0.717) is 38.8 Å². The van der Waals surface area contributed by atoms with E-state index < -0.39 is 6.10 Å². The number of anilines is 2. The van der Waals surface area contributed by atoms with Crippen molar-refractivity contribution in [3.05, 3.63) is 54.6 Å². The van der Waals surface area contributed by atoms with Crippen LogP contribution in [0.2, 0.25) is 0 Å². The number of aromatic nitrogens is 6. The van der Waals surface area contributed by atoms with Crippen molar-refractivity contribution in [3.8, 4) is 11.4 Å². The Morgan fingerprint density at radius 1 is 1.03 bits per heavy atom. The van der Waals surface area contributed by atoms with Gasteiger partial charge in [-0.3, -0.25) is 9.97 Å². The third kappa shape index (κ3) is 4.87. The van der Waals surface area contributed by atoms with Gasteiger partial charge in [0.05, 0.1) is 25.9 Å². The molecule has 0 bridgehead atoms. The summed E-state index contributed by atoms with van der Waals surface area (Å²) in [4.78, 5) is 27.7. The Balaban J connectivity index is 1.63. The lowest BCUT2D eigenvalue weighted by atomic mass is 10.1. The molecule has 0 saturated carbocycles. The highest BCUT2D eigenvalue weighted by Crippen LogP contribution is 2.32. The van der Waals surface area contributed by atoms with Crippen LogP contribution in [0.25, 0.3) is 22.6 Å². The van der Waals surface area contributed by atoms with Gasteiger partial charge in [0.1, 0.15) is 5.82 Å². The average molecular weight is 489 g/mol. The fourth-order valence-corrected chi connectivity index (χ4v) is 4.56. The van der Waals surface area contributed by atoms with Crippen LogP contribution in [0.4, 0.5) is 11.8 Å². The van der Waals surface area contributed by atoms with Crippen LogP contribution in [-0.2, 0) is 11.3 Å². The molecule has 5 rings (SSSR count). The first kappa shape index (κ1) is 24.1. The molecule has 1 fully saturated rings. The molecule has 4 aromatic rings. The number of aliphatic hydroxyl groups excluding tert-OH is 1. The fourth-order valence-electron chi connectivity index (χ4n) is 4.56. The Bertz CT molecular complexity index is 1280. The minimum atomic E-state index is -0.708. The van der Waals surface area contributed by atoms with E-state index in [1.807, 2.05) is 24.3 Å². The maximum Gasteiger partial charge on any atom is 0.229 e. The Morgan fingerprint density at radius 3 is 2.53 bits per heavy atom. The van der Waals surface area contributed by atoms with Gasteiger partial charge in [0.2, 0.25) is 5.95 Å². The smallest absolute Gasteiger partial charge is 0.229 e. The van der Waals surface area contributed by atoms with Crippen LogP contribution in [0.3, 0.4) is 0 Å². The van der Waals surface area contributed by atoms with Gasteiger partial charge in [-0.2, -0.15) is 9.97 Å². The van der Waals surface area contributed by atoms with Crippen molar-refractivity contribution in [1.29, 1.82) is 0 Å². The van der Waals surface area contributed by atoms with Gasteiger partial charge >= 0.3 is 0 Å². The van der Waals surface area contributed by atoms with Crippen LogP contribution in [0.15, 0.2) is 49.1 Å². The fraction of sp³-hybridized carbons (Fsp3) is 0.423. The number of aliphatic hydroxyl groups is 1. The summed E-state index contributed by atoms with van der Waals surface area (Å²) >= 11 is 0. The van der Waals surface area contributed by atoms with E-state index >= 15 is 0 Å². The van der Waals surface area contributed by atoms with Crippen LogP contribution < -0.4 is 9.80 Å². The van der Waals surface area contributed by atoms with Gasteiger partial charge in [0, 0.05) is 62.1 Å². The van der Waals surface area contributed by atoms with Crippen molar-refractivity contribution in [2.24, 2.45) is 0 Å². The normalized spacial score (nSPS) is 14.8. The molecule has 1 aliphatic rings. The first-order chi connectivity index (χ1) is 17.7. The number of aryl methyl sites for hydroxylation is 1. The molecule has 1 atom stereocenters. The number of morpholine rings is 1. The first-order valence-electron chi connectivity index (χ1n) is 12.5. The van der Waals surface area contributed by atoms with Gasteiger partial charge in [0.15, 0.2) is 17.0 Å². The summed E-state index contributed by atoms with van der Waals surface area (Å²) in [6, 6.07) is 7.65. The second-order valence-electron chi connectivity index (χ2n) is 8.78. The third-order valence-electron chi connectivity index (χ3n) is 6.37. The summed E-state index contributed by atoms with van der Waals surface area (Å²) < 4.78 is 7.73. The quantitative estimate of drug-likeness (QED) is 0.380. The number of rotatable bonds is 9. The molecule has 0 radical (unpaired) electrons. The zero-order valence-corrected chi connectivity index (χ0v) is 20.8. The SMILES string of the molecule is CCCN(CC(O)c1cccnc1)c1nc(N2CCOCC2)c2nc(-c3ccncc3)n(CC)c2n1. The lowest BCUT2D eigenvalue weighted by Crippen LogP contribution is -2.38. The number of nitrogens with zero attached hydrogens (tertiary/aromatic N) is 8. The van der Waals surface area contributed by atoms with E-state index in [-0.39, 0.29) is 0 Å². The second-order valence-corrected chi connectivity index (χ2v) is 8.78. The first-order valence-corrected chi connectivity index (χ1v) is 12.5. The van der Waals surface area contributed by atoms with Gasteiger partial charge in [-0.05, 0) is 31.5 Å². The zero-order chi connectivity index (χ0) is 24.9. The summed E-state index contributed by atoms with van der Waals surface area (Å²) in [5.74, 6) is 2.23.